The summed E-state index contributed by atoms with van der Waals surface area (Å²) in [6.07, 6.45) is 4.42. The number of rotatable bonds is 6. The van der Waals surface area contributed by atoms with E-state index in [0.717, 1.165) is 11.3 Å². The maximum Gasteiger partial charge on any atom is 0.243 e. The lowest BCUT2D eigenvalue weighted by molar-refractivity contribution is -0.113. The molecule has 1 aromatic carbocycles. The van der Waals surface area contributed by atoms with E-state index < -0.39 is 10.0 Å². The summed E-state index contributed by atoms with van der Waals surface area (Å²) in [6.45, 7) is 5.27. The Morgan fingerprint density at radius 2 is 1.71 bits per heavy atom. The van der Waals surface area contributed by atoms with Gasteiger partial charge in [0, 0.05) is 36.1 Å². The highest BCUT2D eigenvalue weighted by Crippen LogP contribution is 2.27. The number of benzene rings is 1. The van der Waals surface area contributed by atoms with Crippen molar-refractivity contribution in [1.29, 1.82) is 0 Å². The van der Waals surface area contributed by atoms with Crippen LogP contribution in [0.2, 0.25) is 0 Å². The Kier molecular flexibility index (Phi) is 6.74. The van der Waals surface area contributed by atoms with Crippen LogP contribution < -0.4 is 5.32 Å². The Morgan fingerprint density at radius 1 is 1.11 bits per heavy atom. The van der Waals surface area contributed by atoms with E-state index in [2.05, 4.69) is 24.1 Å². The number of pyridine rings is 1. The van der Waals surface area contributed by atoms with Crippen molar-refractivity contribution in [2.24, 2.45) is 11.8 Å². The average Bonchev–Trinajstić information content (AvgIpc) is 2.67. The molecule has 1 saturated heterocycles. The van der Waals surface area contributed by atoms with Gasteiger partial charge in [-0.3, -0.25) is 9.78 Å². The van der Waals surface area contributed by atoms with E-state index in [4.69, 9.17) is 0 Å². The molecule has 0 saturated carbocycles. The van der Waals surface area contributed by atoms with Crippen molar-refractivity contribution < 1.29 is 13.2 Å². The SMILES string of the molecule is C[C@H]1C[C@H](C)CN(S(=O)(=O)c2ccc(NC(=O)CSc3ccncc3)cc2)C1. The Hall–Kier alpha value is -1.90. The average molecular weight is 420 g/mol. The molecule has 6 nitrogen and oxygen atoms in total. The largest absolute Gasteiger partial charge is 0.325 e. The second kappa shape index (κ2) is 9.07. The monoisotopic (exact) mass is 419 g/mol. The van der Waals surface area contributed by atoms with Crippen LogP contribution in [-0.4, -0.2) is 42.5 Å². The number of thioether (sulfide) groups is 1. The van der Waals surface area contributed by atoms with Crippen molar-refractivity contribution in [2.45, 2.75) is 30.1 Å². The van der Waals surface area contributed by atoms with E-state index in [1.165, 1.54) is 11.8 Å². The molecule has 1 amide bonds. The summed E-state index contributed by atoms with van der Waals surface area (Å²) in [4.78, 5) is 17.3. The van der Waals surface area contributed by atoms with Gasteiger partial charge in [-0.2, -0.15) is 4.31 Å². The standard InChI is InChI=1S/C20H25N3O3S2/c1-15-11-16(2)13-23(12-15)28(25,26)19-5-3-17(4-6-19)22-20(24)14-27-18-7-9-21-10-8-18/h3-10,15-16H,11-14H2,1-2H3,(H,22,24)/t15-,16-/m0/s1. The molecule has 0 bridgehead atoms. The summed E-state index contributed by atoms with van der Waals surface area (Å²) in [5.41, 5.74) is 0.583. The molecule has 2 atom stereocenters. The smallest absolute Gasteiger partial charge is 0.243 e. The number of piperidine rings is 1. The normalized spacial score (nSPS) is 20.6. The van der Waals surface area contributed by atoms with Crippen molar-refractivity contribution in [3.05, 3.63) is 48.8 Å². The Labute approximate surface area is 170 Å². The highest BCUT2D eigenvalue weighted by atomic mass is 32.2. The molecule has 8 heteroatoms. The molecule has 0 radical (unpaired) electrons. The van der Waals surface area contributed by atoms with Gasteiger partial charge in [0.25, 0.3) is 0 Å². The van der Waals surface area contributed by atoms with Gasteiger partial charge >= 0.3 is 0 Å². The molecule has 2 aromatic rings. The van der Waals surface area contributed by atoms with E-state index in [0.29, 0.717) is 30.6 Å². The third-order valence-corrected chi connectivity index (χ3v) is 7.49. The molecule has 1 aliphatic rings. The van der Waals surface area contributed by atoms with Gasteiger partial charge in [-0.15, -0.1) is 11.8 Å². The number of anilines is 1. The summed E-state index contributed by atoms with van der Waals surface area (Å²) in [6, 6.07) is 10.1. The first kappa shape index (κ1) is 20.8. The summed E-state index contributed by atoms with van der Waals surface area (Å²) >= 11 is 1.42. The van der Waals surface area contributed by atoms with Crippen LogP contribution in [0.25, 0.3) is 0 Å². The molecule has 2 heterocycles. The molecule has 150 valence electrons. The first-order valence-corrected chi connectivity index (χ1v) is 11.7. The number of hydrogen-bond acceptors (Lipinski definition) is 5. The second-order valence-electron chi connectivity index (χ2n) is 7.31. The Morgan fingerprint density at radius 3 is 2.32 bits per heavy atom. The maximum absolute atomic E-state index is 12.9. The molecule has 0 unspecified atom stereocenters. The number of sulfonamides is 1. The van der Waals surface area contributed by atoms with Gasteiger partial charge in [-0.25, -0.2) is 8.42 Å². The highest BCUT2D eigenvalue weighted by Gasteiger charge is 2.31. The number of amides is 1. The number of nitrogens with one attached hydrogen (secondary N) is 1. The van der Waals surface area contributed by atoms with E-state index in [1.54, 1.807) is 41.0 Å². The minimum Gasteiger partial charge on any atom is -0.325 e. The van der Waals surface area contributed by atoms with E-state index in [1.807, 2.05) is 12.1 Å². The molecule has 1 N–H and O–H groups in total. The quantitative estimate of drug-likeness (QED) is 0.725. The maximum atomic E-state index is 12.9. The zero-order chi connectivity index (χ0) is 20.1. The van der Waals surface area contributed by atoms with Crippen LogP contribution >= 0.6 is 11.8 Å². The van der Waals surface area contributed by atoms with E-state index in [9.17, 15) is 13.2 Å². The number of carbonyl (C=O) groups is 1. The van der Waals surface area contributed by atoms with Crippen molar-refractivity contribution in [1.82, 2.24) is 9.29 Å². The van der Waals surface area contributed by atoms with Crippen LogP contribution in [0.4, 0.5) is 5.69 Å². The second-order valence-corrected chi connectivity index (χ2v) is 10.3. The van der Waals surface area contributed by atoms with Gasteiger partial charge < -0.3 is 5.32 Å². The van der Waals surface area contributed by atoms with Crippen molar-refractivity contribution >= 4 is 33.4 Å². The fraction of sp³-hybridized carbons (Fsp3) is 0.400. The molecule has 3 rings (SSSR count). The molecule has 1 fully saturated rings. The van der Waals surface area contributed by atoms with Crippen LogP contribution in [0.5, 0.6) is 0 Å². The molecule has 0 aliphatic carbocycles. The van der Waals surface area contributed by atoms with Crippen molar-refractivity contribution in [3.8, 4) is 0 Å². The van der Waals surface area contributed by atoms with Crippen LogP contribution in [0, 0.1) is 11.8 Å². The molecule has 1 aromatic heterocycles. The first-order chi connectivity index (χ1) is 13.3. The highest BCUT2D eigenvalue weighted by molar-refractivity contribution is 8.00. The molecule has 1 aliphatic heterocycles. The van der Waals surface area contributed by atoms with Crippen molar-refractivity contribution in [3.63, 3.8) is 0 Å². The molecule has 28 heavy (non-hydrogen) atoms. The number of aromatic nitrogens is 1. The minimum atomic E-state index is -3.51. The summed E-state index contributed by atoms with van der Waals surface area (Å²) < 4.78 is 27.4. The third-order valence-electron chi connectivity index (χ3n) is 4.63. The third kappa shape index (κ3) is 5.33. The summed E-state index contributed by atoms with van der Waals surface area (Å²) in [5, 5.41) is 2.80. The van der Waals surface area contributed by atoms with Crippen molar-refractivity contribution in [2.75, 3.05) is 24.2 Å². The lowest BCUT2D eigenvalue weighted by Crippen LogP contribution is -2.42. The molecule has 0 spiro atoms. The Balaban J connectivity index is 1.60. The fourth-order valence-corrected chi connectivity index (χ4v) is 5.81. The lowest BCUT2D eigenvalue weighted by Gasteiger charge is -2.34. The molecular formula is C20H25N3O3S2. The number of nitrogens with zero attached hydrogens (tertiary/aromatic N) is 2. The topological polar surface area (TPSA) is 79.4 Å². The zero-order valence-corrected chi connectivity index (χ0v) is 17.7. The van der Waals surface area contributed by atoms with Gasteiger partial charge in [-0.1, -0.05) is 13.8 Å². The van der Waals surface area contributed by atoms with Gasteiger partial charge in [0.2, 0.25) is 15.9 Å². The fourth-order valence-electron chi connectivity index (χ4n) is 3.44. The van der Waals surface area contributed by atoms with Crippen LogP contribution in [0.1, 0.15) is 20.3 Å². The van der Waals surface area contributed by atoms with Crippen LogP contribution in [0.3, 0.4) is 0 Å². The minimum absolute atomic E-state index is 0.143. The van der Waals surface area contributed by atoms with Crippen LogP contribution in [0.15, 0.2) is 58.6 Å². The van der Waals surface area contributed by atoms with Gasteiger partial charge in [0.1, 0.15) is 0 Å². The number of hydrogen-bond donors (Lipinski definition) is 1. The summed E-state index contributed by atoms with van der Waals surface area (Å²) in [5.74, 6) is 0.842. The Bertz CT molecular complexity index is 892. The van der Waals surface area contributed by atoms with Gasteiger partial charge in [0.15, 0.2) is 0 Å². The predicted octanol–water partition coefficient (Wildman–Crippen LogP) is 3.48. The van der Waals surface area contributed by atoms with Gasteiger partial charge in [0.05, 0.1) is 10.6 Å². The lowest BCUT2D eigenvalue weighted by atomic mass is 9.94. The van der Waals surface area contributed by atoms with E-state index >= 15 is 0 Å². The predicted molar refractivity (Wildman–Crippen MR) is 112 cm³/mol. The van der Waals surface area contributed by atoms with Crippen LogP contribution in [-0.2, 0) is 14.8 Å². The van der Waals surface area contributed by atoms with Gasteiger partial charge in [-0.05, 0) is 54.7 Å². The first-order valence-electron chi connectivity index (χ1n) is 9.27. The number of carbonyl (C=O) groups excluding carboxylic acids is 1. The molecular weight excluding hydrogens is 394 g/mol. The van der Waals surface area contributed by atoms with E-state index in [-0.39, 0.29) is 16.6 Å². The zero-order valence-electron chi connectivity index (χ0n) is 16.0. The summed E-state index contributed by atoms with van der Waals surface area (Å²) in [7, 11) is -3.51.